The average molecular weight is 705 g/mol. The minimum Gasteiger partial charge on any atom is -0.481 e. The van der Waals surface area contributed by atoms with Gasteiger partial charge in [0.15, 0.2) is 0 Å². The highest BCUT2D eigenvalue weighted by molar-refractivity contribution is 6.30. The van der Waals surface area contributed by atoms with Crippen molar-refractivity contribution >= 4 is 29.4 Å². The summed E-state index contributed by atoms with van der Waals surface area (Å²) in [5.41, 5.74) is 5.29. The van der Waals surface area contributed by atoms with Gasteiger partial charge in [-0.25, -0.2) is 9.37 Å². The van der Waals surface area contributed by atoms with Crippen molar-refractivity contribution in [2.45, 2.75) is 98.1 Å². The van der Waals surface area contributed by atoms with Gasteiger partial charge in [0.1, 0.15) is 17.6 Å². The Morgan fingerprint density at radius 3 is 2.32 bits per heavy atom. The molecule has 10 heteroatoms. The Bertz CT molecular complexity index is 1710. The lowest BCUT2D eigenvalue weighted by Crippen LogP contribution is -2.54. The zero-order valence-corrected chi connectivity index (χ0v) is 30.6. The van der Waals surface area contributed by atoms with E-state index in [1.54, 1.807) is 31.2 Å². The number of aromatic nitrogens is 1. The fraction of sp³-hybridized carbons (Fsp3) is 0.500. The van der Waals surface area contributed by atoms with Crippen molar-refractivity contribution < 1.29 is 23.9 Å². The molecule has 1 saturated carbocycles. The van der Waals surface area contributed by atoms with Crippen LogP contribution in [0.15, 0.2) is 42.5 Å². The summed E-state index contributed by atoms with van der Waals surface area (Å²) in [4.78, 5) is 46.4. The van der Waals surface area contributed by atoms with Gasteiger partial charge >= 0.3 is 5.97 Å². The number of aliphatic carboxylic acids is 1. The molecule has 1 saturated heterocycles. The molecule has 3 aromatic rings. The summed E-state index contributed by atoms with van der Waals surface area (Å²) in [5, 5.41) is 16.0. The Kier molecular flexibility index (Phi) is 12.0. The predicted octanol–water partition coefficient (Wildman–Crippen LogP) is 7.75. The summed E-state index contributed by atoms with van der Waals surface area (Å²) in [6.07, 6.45) is 6.85. The molecular formula is C40H50ClFN4O4. The number of carboxylic acid groups (broad SMARTS) is 1. The number of benzene rings is 2. The largest absolute Gasteiger partial charge is 0.481 e. The molecule has 0 radical (unpaired) electrons. The Morgan fingerprint density at radius 2 is 1.68 bits per heavy atom. The minimum atomic E-state index is -1.20. The predicted molar refractivity (Wildman–Crippen MR) is 195 cm³/mol. The highest BCUT2D eigenvalue weighted by Crippen LogP contribution is 2.45. The molecule has 2 amide bonds. The van der Waals surface area contributed by atoms with Gasteiger partial charge < -0.3 is 20.6 Å². The van der Waals surface area contributed by atoms with Gasteiger partial charge in [-0.2, -0.15) is 0 Å². The molecule has 0 unspecified atom stereocenters. The number of carboxylic acids is 1. The summed E-state index contributed by atoms with van der Waals surface area (Å²) < 4.78 is 15.8. The van der Waals surface area contributed by atoms with Gasteiger partial charge in [-0.15, -0.1) is 0 Å². The van der Waals surface area contributed by atoms with Crippen molar-refractivity contribution in [2.75, 3.05) is 19.6 Å². The maximum absolute atomic E-state index is 15.8. The number of hydrogen-bond acceptors (Lipinski definition) is 5. The molecule has 2 fully saturated rings. The number of halogens is 2. The van der Waals surface area contributed by atoms with Crippen molar-refractivity contribution in [3.8, 4) is 11.1 Å². The van der Waals surface area contributed by atoms with Gasteiger partial charge in [0.05, 0.1) is 12.5 Å². The average Bonchev–Trinajstić information content (AvgIpc) is 3.51. The van der Waals surface area contributed by atoms with Crippen LogP contribution in [-0.4, -0.2) is 58.5 Å². The Labute approximate surface area is 300 Å². The minimum absolute atomic E-state index is 0.0197. The van der Waals surface area contributed by atoms with Crippen LogP contribution in [0.3, 0.4) is 0 Å². The van der Waals surface area contributed by atoms with E-state index in [1.165, 1.54) is 38.8 Å². The molecule has 1 aliphatic heterocycles. The highest BCUT2D eigenvalue weighted by Gasteiger charge is 2.44. The van der Waals surface area contributed by atoms with Crippen molar-refractivity contribution in [1.29, 1.82) is 0 Å². The third-order valence-corrected chi connectivity index (χ3v) is 10.4. The first-order chi connectivity index (χ1) is 23.7. The molecule has 3 N–H and O–H groups in total. The van der Waals surface area contributed by atoms with Crippen molar-refractivity contribution in [3.05, 3.63) is 86.9 Å². The fourth-order valence-corrected chi connectivity index (χ4v) is 8.24. The molecule has 1 spiro atoms. The Balaban J connectivity index is 1.29. The molecule has 1 aromatic heterocycles. The first-order valence-corrected chi connectivity index (χ1v) is 18.2. The number of likely N-dealkylation sites (tertiary alicyclic amines) is 1. The SMILES string of the molecule is Cc1cc(-c2c(C)cc(Cl)cc2C)cc([C@H](CC(=O)O)NC(=O)[C@H](CC(C)C)NC(=O)c2cccc(CCCN3CC4(CCCC4)C3)n2)c1F. The van der Waals surface area contributed by atoms with E-state index >= 15 is 4.39 Å². The number of nitrogens with zero attached hydrogens (tertiary/aromatic N) is 2. The number of nitrogens with one attached hydrogen (secondary N) is 2. The molecule has 0 bridgehead atoms. The molecule has 2 aliphatic rings. The lowest BCUT2D eigenvalue weighted by Gasteiger charge is -2.48. The van der Waals surface area contributed by atoms with Crippen molar-refractivity contribution in [2.24, 2.45) is 11.3 Å². The molecule has 2 heterocycles. The number of carbonyl (C=O) groups excluding carboxylic acids is 2. The topological polar surface area (TPSA) is 112 Å². The van der Waals surface area contributed by atoms with Crippen molar-refractivity contribution in [3.63, 3.8) is 0 Å². The smallest absolute Gasteiger partial charge is 0.305 e. The van der Waals surface area contributed by atoms with Crippen LogP contribution in [0, 0.1) is 37.9 Å². The lowest BCUT2D eigenvalue weighted by molar-refractivity contribution is -0.137. The standard InChI is InChI=1S/C40H50ClFN4O4/c1-24(2)16-34(45-38(49)32-12-8-10-30(43-32)11-9-15-46-22-40(23-46)13-6-7-14-40)39(50)44-33(21-35(47)48)31-20-28(17-27(5)37(31)42)36-25(3)18-29(41)19-26(36)4/h8,10,12,17-20,24,33-34H,6-7,9,11,13-16,21-23H2,1-5H3,(H,44,50)(H,45,49)(H,47,48)/t33-,34-/m0/s1. The lowest BCUT2D eigenvalue weighted by atomic mass is 9.78. The third-order valence-electron chi connectivity index (χ3n) is 10.2. The summed E-state index contributed by atoms with van der Waals surface area (Å²) in [6.45, 7) is 12.7. The second-order valence-corrected chi connectivity index (χ2v) is 15.4. The van der Waals surface area contributed by atoms with Crippen molar-refractivity contribution in [1.82, 2.24) is 20.5 Å². The Hall–Kier alpha value is -3.82. The second-order valence-electron chi connectivity index (χ2n) is 15.0. The van der Waals surface area contributed by atoms with Crippen LogP contribution in [0.5, 0.6) is 0 Å². The number of rotatable bonds is 14. The zero-order valence-electron chi connectivity index (χ0n) is 29.9. The summed E-state index contributed by atoms with van der Waals surface area (Å²) in [7, 11) is 0. The fourth-order valence-electron chi connectivity index (χ4n) is 7.91. The van der Waals surface area contributed by atoms with E-state index in [9.17, 15) is 19.5 Å². The van der Waals surface area contributed by atoms with Gasteiger partial charge in [0.25, 0.3) is 5.91 Å². The molecule has 50 heavy (non-hydrogen) atoms. The van der Waals surface area contributed by atoms with Crippen LogP contribution in [0.2, 0.25) is 5.02 Å². The molecule has 5 rings (SSSR count). The monoisotopic (exact) mass is 704 g/mol. The van der Waals surface area contributed by atoms with E-state index in [1.807, 2.05) is 45.9 Å². The molecule has 8 nitrogen and oxygen atoms in total. The quantitative estimate of drug-likeness (QED) is 0.158. The first-order valence-electron chi connectivity index (χ1n) is 17.8. The third kappa shape index (κ3) is 9.09. The molecule has 2 aromatic carbocycles. The van der Waals surface area contributed by atoms with Gasteiger partial charge in [-0.1, -0.05) is 44.4 Å². The van der Waals surface area contributed by atoms with E-state index in [2.05, 4.69) is 20.5 Å². The Morgan fingerprint density at radius 1 is 1.00 bits per heavy atom. The van der Waals surface area contributed by atoms with E-state index < -0.39 is 42.1 Å². The van der Waals surface area contributed by atoms with Crippen LogP contribution in [-0.2, 0) is 16.0 Å². The number of aryl methyl sites for hydroxylation is 4. The summed E-state index contributed by atoms with van der Waals surface area (Å²) >= 11 is 6.26. The molecule has 2 atom stereocenters. The summed E-state index contributed by atoms with van der Waals surface area (Å²) in [5.74, 6) is -2.86. The van der Waals surface area contributed by atoms with Gasteiger partial charge in [0, 0.05) is 29.4 Å². The molecule has 1 aliphatic carbocycles. The maximum Gasteiger partial charge on any atom is 0.305 e. The van der Waals surface area contributed by atoms with Crippen LogP contribution in [0.4, 0.5) is 4.39 Å². The van der Waals surface area contributed by atoms with E-state index in [-0.39, 0.29) is 17.2 Å². The zero-order chi connectivity index (χ0) is 36.2. The number of pyridine rings is 1. The maximum atomic E-state index is 15.8. The second kappa shape index (κ2) is 16.0. The van der Waals surface area contributed by atoms with Gasteiger partial charge in [-0.05, 0) is 135 Å². The van der Waals surface area contributed by atoms with E-state index in [4.69, 9.17) is 11.6 Å². The van der Waals surface area contributed by atoms with Crippen LogP contribution in [0.25, 0.3) is 11.1 Å². The molecule has 268 valence electrons. The summed E-state index contributed by atoms with van der Waals surface area (Å²) in [6, 6.07) is 10.1. The molecular weight excluding hydrogens is 655 g/mol. The van der Waals surface area contributed by atoms with E-state index in [0.29, 0.717) is 28.0 Å². The van der Waals surface area contributed by atoms with Crippen LogP contribution >= 0.6 is 11.6 Å². The van der Waals surface area contributed by atoms with E-state index in [0.717, 1.165) is 41.8 Å². The van der Waals surface area contributed by atoms with Gasteiger partial charge in [0.2, 0.25) is 5.91 Å². The van der Waals surface area contributed by atoms with Crippen LogP contribution < -0.4 is 10.6 Å². The normalized spacial score (nSPS) is 16.6. The number of amides is 2. The number of hydrogen-bond donors (Lipinski definition) is 3. The van der Waals surface area contributed by atoms with Gasteiger partial charge in [-0.3, -0.25) is 14.4 Å². The van der Waals surface area contributed by atoms with Crippen LogP contribution in [0.1, 0.15) is 103 Å². The highest BCUT2D eigenvalue weighted by atomic mass is 35.5. The first kappa shape index (κ1) is 37.4. The number of carbonyl (C=O) groups is 3.